The predicted octanol–water partition coefficient (Wildman–Crippen LogP) is 4.27. The van der Waals surface area contributed by atoms with Gasteiger partial charge in [-0.1, -0.05) is 35.6 Å². The molecule has 144 valence electrons. The summed E-state index contributed by atoms with van der Waals surface area (Å²) in [5.41, 5.74) is 3.68. The fraction of sp³-hybridized carbons (Fsp3) is 0.0500. The highest BCUT2D eigenvalue weighted by atomic mass is 32.1. The number of aromatic nitrogens is 1. The lowest BCUT2D eigenvalue weighted by Gasteiger charge is -2.07. The van der Waals surface area contributed by atoms with E-state index in [2.05, 4.69) is 20.5 Å². The Bertz CT molecular complexity index is 1250. The molecule has 2 N–H and O–H groups in total. The average molecular weight is 405 g/mol. The molecular weight excluding hydrogens is 390 g/mol. The zero-order chi connectivity index (χ0) is 20.4. The van der Waals surface area contributed by atoms with Crippen molar-refractivity contribution in [1.82, 2.24) is 4.98 Å². The molecule has 0 aliphatic carbocycles. The van der Waals surface area contributed by atoms with Gasteiger partial charge in [-0.25, -0.2) is 0 Å². The van der Waals surface area contributed by atoms with E-state index >= 15 is 0 Å². The van der Waals surface area contributed by atoms with Crippen molar-refractivity contribution in [3.8, 4) is 0 Å². The second-order valence-electron chi connectivity index (χ2n) is 6.35. The number of aryl methyl sites for hydroxylation is 1. The molecule has 0 radical (unpaired) electrons. The average Bonchev–Trinajstić information content (AvgIpc) is 3.28. The highest BCUT2D eigenvalue weighted by Gasteiger charge is 2.18. The van der Waals surface area contributed by atoms with Crippen LogP contribution < -0.4 is 10.2 Å². The van der Waals surface area contributed by atoms with Crippen molar-refractivity contribution < 1.29 is 4.92 Å². The van der Waals surface area contributed by atoms with E-state index in [0.29, 0.717) is 27.5 Å². The van der Waals surface area contributed by atoms with Gasteiger partial charge in [0.05, 0.1) is 16.0 Å². The largest absolute Gasteiger partial charge is 0.341 e. The first-order chi connectivity index (χ1) is 14.0. The summed E-state index contributed by atoms with van der Waals surface area (Å²) in [5.74, 6) is 0.566. The molecule has 3 aromatic rings. The number of nitro benzene ring substituents is 1. The maximum atomic E-state index is 12.0. The number of aromatic amines is 1. The number of rotatable bonds is 5. The molecule has 29 heavy (non-hydrogen) atoms. The fourth-order valence-corrected chi connectivity index (χ4v) is 3.65. The molecule has 1 aromatic heterocycles. The molecule has 2 aromatic carbocycles. The molecule has 0 saturated carbocycles. The maximum Gasteiger partial charge on any atom is 0.306 e. The molecule has 0 amide bonds. The summed E-state index contributed by atoms with van der Waals surface area (Å²) in [6.07, 6.45) is 3.35. The summed E-state index contributed by atoms with van der Waals surface area (Å²) in [6.45, 7) is 1.99. The number of non-ortho nitro benzene ring substituents is 1. The third-order valence-corrected chi connectivity index (χ3v) is 5.04. The van der Waals surface area contributed by atoms with Crippen LogP contribution in [-0.2, 0) is 0 Å². The first-order valence-corrected chi connectivity index (χ1v) is 9.46. The second kappa shape index (κ2) is 7.64. The standard InChI is InChI=1S/C20H15N5O3S/c1-12-4-2-6-15(8-12)22-19-17(29-20(26)23-19)10-14-11-21-24-18(14)13-5-3-7-16(9-13)25(27)28/h2-11,22H,1H3,(H,23,26)/b14-10+. The number of nitrogens with zero attached hydrogens (tertiary/aromatic N) is 3. The van der Waals surface area contributed by atoms with Crippen LogP contribution in [0.5, 0.6) is 0 Å². The number of thiazole rings is 1. The zero-order valence-corrected chi connectivity index (χ0v) is 16.1. The Balaban J connectivity index is 1.68. The number of anilines is 2. The van der Waals surface area contributed by atoms with E-state index < -0.39 is 4.92 Å². The van der Waals surface area contributed by atoms with Gasteiger partial charge in [-0.15, -0.1) is 5.10 Å². The van der Waals surface area contributed by atoms with E-state index in [1.54, 1.807) is 24.4 Å². The molecule has 0 fully saturated rings. The van der Waals surface area contributed by atoms with E-state index in [-0.39, 0.29) is 10.6 Å². The molecule has 0 saturated heterocycles. The Morgan fingerprint density at radius 3 is 2.83 bits per heavy atom. The first kappa shape index (κ1) is 18.5. The molecule has 1 aliphatic rings. The molecule has 2 heterocycles. The highest BCUT2D eigenvalue weighted by Crippen LogP contribution is 2.26. The Morgan fingerprint density at radius 2 is 2.03 bits per heavy atom. The lowest BCUT2D eigenvalue weighted by molar-refractivity contribution is -0.384. The molecule has 0 atom stereocenters. The molecule has 0 spiro atoms. The normalized spacial score (nSPS) is 14.2. The topological polar surface area (TPSA) is 113 Å². The molecule has 8 nitrogen and oxygen atoms in total. The van der Waals surface area contributed by atoms with Gasteiger partial charge >= 0.3 is 4.87 Å². The van der Waals surface area contributed by atoms with Gasteiger partial charge in [0, 0.05) is 29.0 Å². The van der Waals surface area contributed by atoms with Crippen LogP contribution in [0.25, 0.3) is 6.08 Å². The van der Waals surface area contributed by atoms with Gasteiger partial charge in [0.25, 0.3) is 5.69 Å². The van der Waals surface area contributed by atoms with E-state index in [0.717, 1.165) is 22.6 Å². The zero-order valence-electron chi connectivity index (χ0n) is 15.2. The van der Waals surface area contributed by atoms with Crippen molar-refractivity contribution in [2.75, 3.05) is 5.32 Å². The van der Waals surface area contributed by atoms with Gasteiger partial charge in [0.1, 0.15) is 11.5 Å². The van der Waals surface area contributed by atoms with Crippen LogP contribution in [0.4, 0.5) is 17.2 Å². The number of nitro groups is 1. The summed E-state index contributed by atoms with van der Waals surface area (Å²) in [4.78, 5) is 25.9. The van der Waals surface area contributed by atoms with Crippen LogP contribution in [0.1, 0.15) is 16.0 Å². The number of H-pyrrole nitrogens is 1. The minimum atomic E-state index is -0.453. The van der Waals surface area contributed by atoms with Crippen LogP contribution in [0.15, 0.2) is 69.1 Å². The summed E-state index contributed by atoms with van der Waals surface area (Å²) >= 11 is 1.06. The van der Waals surface area contributed by atoms with E-state index in [1.165, 1.54) is 12.1 Å². The van der Waals surface area contributed by atoms with E-state index in [4.69, 9.17) is 0 Å². The number of benzene rings is 2. The van der Waals surface area contributed by atoms with E-state index in [9.17, 15) is 14.9 Å². The lowest BCUT2D eigenvalue weighted by atomic mass is 10.0. The highest BCUT2D eigenvalue weighted by molar-refractivity contribution is 7.10. The Labute approximate surface area is 169 Å². The van der Waals surface area contributed by atoms with Crippen LogP contribution in [0.2, 0.25) is 0 Å². The van der Waals surface area contributed by atoms with Gasteiger partial charge in [-0.05, 0) is 30.7 Å². The maximum absolute atomic E-state index is 12.0. The summed E-state index contributed by atoms with van der Waals surface area (Å²) in [5, 5.41) is 22.3. The summed E-state index contributed by atoms with van der Waals surface area (Å²) in [6, 6.07) is 14.0. The molecule has 4 rings (SSSR count). The Kier molecular flexibility index (Phi) is 4.88. The Hall–Kier alpha value is -3.85. The molecular formula is C20H15N5O3S. The van der Waals surface area contributed by atoms with E-state index in [1.807, 2.05) is 31.2 Å². The van der Waals surface area contributed by atoms with Gasteiger partial charge in [-0.2, -0.15) is 5.10 Å². The van der Waals surface area contributed by atoms with Crippen LogP contribution in [0.3, 0.4) is 0 Å². The monoisotopic (exact) mass is 405 g/mol. The van der Waals surface area contributed by atoms with Crippen molar-refractivity contribution >= 4 is 46.5 Å². The lowest BCUT2D eigenvalue weighted by Crippen LogP contribution is -2.03. The van der Waals surface area contributed by atoms with Crippen LogP contribution in [0, 0.1) is 17.0 Å². The van der Waals surface area contributed by atoms with Crippen LogP contribution in [-0.4, -0.2) is 21.8 Å². The smallest absolute Gasteiger partial charge is 0.306 e. The SMILES string of the molecule is Cc1cccc(Nc2[nH]c(=O)sc2/C=C2\C=NN=C2c2cccc([N+](=O)[O-])c2)c1. The minimum Gasteiger partial charge on any atom is -0.341 e. The minimum absolute atomic E-state index is 0.0236. The van der Waals surface area contributed by atoms with Gasteiger partial charge < -0.3 is 5.32 Å². The summed E-state index contributed by atoms with van der Waals surface area (Å²) < 4.78 is 0. The second-order valence-corrected chi connectivity index (χ2v) is 7.36. The van der Waals surface area contributed by atoms with Crippen molar-refractivity contribution in [2.45, 2.75) is 6.92 Å². The molecule has 9 heteroatoms. The molecule has 0 unspecified atom stereocenters. The van der Waals surface area contributed by atoms with Crippen LogP contribution >= 0.6 is 11.3 Å². The first-order valence-electron chi connectivity index (χ1n) is 8.64. The number of allylic oxidation sites excluding steroid dienone is 1. The predicted molar refractivity (Wildman–Crippen MR) is 116 cm³/mol. The Morgan fingerprint density at radius 1 is 1.21 bits per heavy atom. The van der Waals surface area contributed by atoms with Gasteiger partial charge in [-0.3, -0.25) is 19.9 Å². The van der Waals surface area contributed by atoms with Crippen molar-refractivity contribution in [1.29, 1.82) is 0 Å². The number of hydrogen-bond acceptors (Lipinski definition) is 7. The third-order valence-electron chi connectivity index (χ3n) is 4.21. The van der Waals surface area contributed by atoms with Crippen molar-refractivity contribution in [3.05, 3.63) is 89.9 Å². The van der Waals surface area contributed by atoms with Crippen molar-refractivity contribution in [2.24, 2.45) is 10.2 Å². The number of nitrogens with one attached hydrogen (secondary N) is 2. The fourth-order valence-electron chi connectivity index (χ4n) is 2.91. The van der Waals surface area contributed by atoms with Gasteiger partial charge in [0.2, 0.25) is 0 Å². The third kappa shape index (κ3) is 4.04. The molecule has 1 aliphatic heterocycles. The van der Waals surface area contributed by atoms with Crippen molar-refractivity contribution in [3.63, 3.8) is 0 Å². The molecule has 0 bridgehead atoms. The number of hydrogen-bond donors (Lipinski definition) is 2. The summed E-state index contributed by atoms with van der Waals surface area (Å²) in [7, 11) is 0. The van der Waals surface area contributed by atoms with Gasteiger partial charge in [0.15, 0.2) is 0 Å². The quantitative estimate of drug-likeness (QED) is 0.487.